The van der Waals surface area contributed by atoms with Gasteiger partial charge in [-0.05, 0) is 30.4 Å². The third-order valence-electron chi connectivity index (χ3n) is 3.51. The lowest BCUT2D eigenvalue weighted by Crippen LogP contribution is -2.25. The smallest absolute Gasteiger partial charge is 0.0129 e. The maximum absolute atomic E-state index is 2.42. The molecule has 0 bridgehead atoms. The molecule has 0 aromatic carbocycles. The highest BCUT2D eigenvalue weighted by Gasteiger charge is 2.27. The summed E-state index contributed by atoms with van der Waals surface area (Å²) in [6.07, 6.45) is 5.75. The van der Waals surface area contributed by atoms with E-state index in [0.29, 0.717) is 4.75 Å². The van der Waals surface area contributed by atoms with E-state index < -0.39 is 0 Å². The van der Waals surface area contributed by atoms with Gasteiger partial charge in [-0.2, -0.15) is 11.8 Å². The van der Waals surface area contributed by atoms with E-state index >= 15 is 0 Å². The minimum atomic E-state index is 0.499. The average molecular weight is 200 g/mol. The van der Waals surface area contributed by atoms with Crippen LogP contribution in [0.1, 0.15) is 53.4 Å². The normalized spacial score (nSPS) is 36.0. The van der Waals surface area contributed by atoms with E-state index in [4.69, 9.17) is 0 Å². The number of rotatable bonds is 0. The lowest BCUT2D eigenvalue weighted by molar-refractivity contribution is 0.410. The van der Waals surface area contributed by atoms with E-state index in [9.17, 15) is 0 Å². The second-order valence-corrected chi connectivity index (χ2v) is 6.88. The Morgan fingerprint density at radius 2 is 1.69 bits per heavy atom. The van der Waals surface area contributed by atoms with E-state index in [1.165, 1.54) is 31.4 Å². The molecule has 1 aliphatic heterocycles. The van der Waals surface area contributed by atoms with Crippen LogP contribution in [-0.2, 0) is 0 Å². The van der Waals surface area contributed by atoms with Gasteiger partial charge >= 0.3 is 0 Å². The van der Waals surface area contributed by atoms with E-state index in [2.05, 4.69) is 39.5 Å². The molecule has 78 valence electrons. The third-order valence-corrected chi connectivity index (χ3v) is 5.39. The standard InChI is InChI=1S/C12H24S/c1-10-7-5-6-8-11(2)12(3,4)13-9-10/h10-11H,5-9H2,1-4H3. The molecule has 0 aromatic rings. The third kappa shape index (κ3) is 3.53. The van der Waals surface area contributed by atoms with E-state index in [0.717, 1.165) is 11.8 Å². The summed E-state index contributed by atoms with van der Waals surface area (Å²) in [6, 6.07) is 0. The summed E-state index contributed by atoms with van der Waals surface area (Å²) in [7, 11) is 0. The van der Waals surface area contributed by atoms with E-state index in [1.807, 2.05) is 0 Å². The molecule has 1 fully saturated rings. The first kappa shape index (κ1) is 11.4. The molecule has 0 aromatic heterocycles. The van der Waals surface area contributed by atoms with Crippen molar-refractivity contribution in [2.75, 3.05) is 5.75 Å². The van der Waals surface area contributed by atoms with Crippen molar-refractivity contribution in [3.8, 4) is 0 Å². The van der Waals surface area contributed by atoms with Crippen LogP contribution < -0.4 is 0 Å². The molecule has 1 rings (SSSR count). The number of thioether (sulfide) groups is 1. The van der Waals surface area contributed by atoms with Crippen molar-refractivity contribution in [1.82, 2.24) is 0 Å². The summed E-state index contributed by atoms with van der Waals surface area (Å²) < 4.78 is 0.499. The van der Waals surface area contributed by atoms with Crippen LogP contribution in [0.15, 0.2) is 0 Å². The molecule has 1 aliphatic rings. The SMILES string of the molecule is CC1CCCCC(C)C(C)(C)SC1. The first-order chi connectivity index (χ1) is 6.02. The highest BCUT2D eigenvalue weighted by atomic mass is 32.2. The molecule has 0 aliphatic carbocycles. The van der Waals surface area contributed by atoms with Crippen molar-refractivity contribution in [3.05, 3.63) is 0 Å². The molecular weight excluding hydrogens is 176 g/mol. The molecule has 1 saturated heterocycles. The fraction of sp³-hybridized carbons (Fsp3) is 1.00. The van der Waals surface area contributed by atoms with Gasteiger partial charge in [-0.15, -0.1) is 0 Å². The molecule has 1 heteroatoms. The Labute approximate surface area is 87.9 Å². The summed E-state index contributed by atoms with van der Waals surface area (Å²) in [5.74, 6) is 3.16. The molecule has 0 nitrogen and oxygen atoms in total. The van der Waals surface area contributed by atoms with Gasteiger partial charge in [0.15, 0.2) is 0 Å². The molecule has 13 heavy (non-hydrogen) atoms. The summed E-state index contributed by atoms with van der Waals surface area (Å²) in [4.78, 5) is 0. The van der Waals surface area contributed by atoms with Crippen LogP contribution in [0, 0.1) is 11.8 Å². The van der Waals surface area contributed by atoms with Gasteiger partial charge < -0.3 is 0 Å². The Bertz CT molecular complexity index is 151. The predicted molar refractivity (Wildman–Crippen MR) is 63.3 cm³/mol. The first-order valence-electron chi connectivity index (χ1n) is 5.66. The molecular formula is C12H24S. The summed E-state index contributed by atoms with van der Waals surface area (Å²) in [5, 5.41) is 0. The van der Waals surface area contributed by atoms with Crippen molar-refractivity contribution >= 4 is 11.8 Å². The van der Waals surface area contributed by atoms with Crippen LogP contribution in [0.5, 0.6) is 0 Å². The van der Waals surface area contributed by atoms with Crippen LogP contribution in [-0.4, -0.2) is 10.5 Å². The molecule has 0 amide bonds. The second kappa shape index (κ2) is 4.72. The summed E-state index contributed by atoms with van der Waals surface area (Å²) in [5.41, 5.74) is 0. The first-order valence-corrected chi connectivity index (χ1v) is 6.65. The van der Waals surface area contributed by atoms with Crippen LogP contribution in [0.3, 0.4) is 0 Å². The van der Waals surface area contributed by atoms with Crippen molar-refractivity contribution in [2.45, 2.75) is 58.1 Å². The zero-order valence-corrected chi connectivity index (χ0v) is 10.4. The Morgan fingerprint density at radius 1 is 1.08 bits per heavy atom. The van der Waals surface area contributed by atoms with Gasteiger partial charge in [0.2, 0.25) is 0 Å². The molecule has 2 atom stereocenters. The molecule has 1 heterocycles. The summed E-state index contributed by atoms with van der Waals surface area (Å²) >= 11 is 2.18. The molecule has 0 saturated carbocycles. The van der Waals surface area contributed by atoms with E-state index in [1.54, 1.807) is 0 Å². The zero-order chi connectivity index (χ0) is 9.90. The number of hydrogen-bond donors (Lipinski definition) is 0. The van der Waals surface area contributed by atoms with Gasteiger partial charge in [0, 0.05) is 4.75 Å². The van der Waals surface area contributed by atoms with Crippen LogP contribution in [0.4, 0.5) is 0 Å². The topological polar surface area (TPSA) is 0 Å². The molecule has 0 spiro atoms. The van der Waals surface area contributed by atoms with E-state index in [-0.39, 0.29) is 0 Å². The Kier molecular flexibility index (Phi) is 4.15. The Balaban J connectivity index is 2.54. The maximum atomic E-state index is 2.42. The van der Waals surface area contributed by atoms with Gasteiger partial charge in [0.25, 0.3) is 0 Å². The van der Waals surface area contributed by atoms with Crippen molar-refractivity contribution in [1.29, 1.82) is 0 Å². The van der Waals surface area contributed by atoms with Gasteiger partial charge in [-0.1, -0.05) is 40.5 Å². The second-order valence-electron chi connectivity index (χ2n) is 5.21. The lowest BCUT2D eigenvalue weighted by Gasteiger charge is -2.31. The molecule has 0 N–H and O–H groups in total. The van der Waals surface area contributed by atoms with Crippen molar-refractivity contribution < 1.29 is 0 Å². The minimum Gasteiger partial charge on any atom is -0.155 e. The highest BCUT2D eigenvalue weighted by molar-refractivity contribution is 8.00. The Morgan fingerprint density at radius 3 is 2.38 bits per heavy atom. The predicted octanol–water partition coefficient (Wildman–Crippen LogP) is 4.34. The molecule has 2 unspecified atom stereocenters. The summed E-state index contributed by atoms with van der Waals surface area (Å²) in [6.45, 7) is 9.66. The van der Waals surface area contributed by atoms with Crippen LogP contribution >= 0.6 is 11.8 Å². The van der Waals surface area contributed by atoms with Gasteiger partial charge in [0.1, 0.15) is 0 Å². The van der Waals surface area contributed by atoms with Crippen molar-refractivity contribution in [2.24, 2.45) is 11.8 Å². The van der Waals surface area contributed by atoms with Gasteiger partial charge in [-0.3, -0.25) is 0 Å². The van der Waals surface area contributed by atoms with Gasteiger partial charge in [-0.25, -0.2) is 0 Å². The van der Waals surface area contributed by atoms with Crippen LogP contribution in [0.2, 0.25) is 0 Å². The minimum absolute atomic E-state index is 0.499. The fourth-order valence-corrected chi connectivity index (χ4v) is 3.16. The van der Waals surface area contributed by atoms with Crippen molar-refractivity contribution in [3.63, 3.8) is 0 Å². The average Bonchev–Trinajstić information content (AvgIpc) is 2.11. The molecule has 0 radical (unpaired) electrons. The van der Waals surface area contributed by atoms with Gasteiger partial charge in [0.05, 0.1) is 0 Å². The largest absolute Gasteiger partial charge is 0.155 e. The number of hydrogen-bond acceptors (Lipinski definition) is 1. The zero-order valence-electron chi connectivity index (χ0n) is 9.60. The maximum Gasteiger partial charge on any atom is 0.0129 e. The Hall–Kier alpha value is 0.350. The highest BCUT2D eigenvalue weighted by Crippen LogP contribution is 2.38. The monoisotopic (exact) mass is 200 g/mol. The van der Waals surface area contributed by atoms with Crippen LogP contribution in [0.25, 0.3) is 0 Å². The fourth-order valence-electron chi connectivity index (χ4n) is 1.87. The lowest BCUT2D eigenvalue weighted by atomic mass is 9.91. The quantitative estimate of drug-likeness (QED) is 0.560.